The second-order valence-corrected chi connectivity index (χ2v) is 5.72. The molecule has 90 valence electrons. The highest BCUT2D eigenvalue weighted by atomic mass is 16.2. The Kier molecular flexibility index (Phi) is 3.06. The number of carbonyl (C=O) groups excluding carboxylic acids is 1. The molecule has 1 saturated heterocycles. The zero-order valence-corrected chi connectivity index (χ0v) is 10.6. The van der Waals surface area contributed by atoms with Crippen molar-refractivity contribution < 1.29 is 4.79 Å². The van der Waals surface area contributed by atoms with Crippen LogP contribution < -0.4 is 0 Å². The van der Waals surface area contributed by atoms with Crippen molar-refractivity contribution in [2.45, 2.75) is 39.2 Å². The molecule has 0 atom stereocenters. The van der Waals surface area contributed by atoms with Gasteiger partial charge in [-0.15, -0.1) is 0 Å². The zero-order chi connectivity index (χ0) is 11.8. The number of carbonyl (C=O) groups is 1. The molecule has 0 N–H and O–H groups in total. The van der Waals surface area contributed by atoms with E-state index in [2.05, 4.69) is 31.7 Å². The Hall–Kier alpha value is -0.830. The largest absolute Gasteiger partial charge is 0.336 e. The third-order valence-corrected chi connectivity index (χ3v) is 3.59. The van der Waals surface area contributed by atoms with E-state index in [1.165, 1.54) is 0 Å². The van der Waals surface area contributed by atoms with Crippen LogP contribution in [0.2, 0.25) is 0 Å². The maximum atomic E-state index is 12.0. The molecule has 1 fully saturated rings. The number of rotatable bonds is 1. The van der Waals surface area contributed by atoms with Gasteiger partial charge in [0.1, 0.15) is 0 Å². The normalized spacial score (nSPS) is 22.7. The van der Waals surface area contributed by atoms with Crippen LogP contribution in [0.1, 0.15) is 33.6 Å². The zero-order valence-electron chi connectivity index (χ0n) is 10.6. The van der Waals surface area contributed by atoms with Crippen LogP contribution in [0.5, 0.6) is 0 Å². The second-order valence-electron chi connectivity index (χ2n) is 5.72. The van der Waals surface area contributed by atoms with Crippen LogP contribution in [0.25, 0.3) is 0 Å². The molecule has 1 aliphatic carbocycles. The van der Waals surface area contributed by atoms with Gasteiger partial charge < -0.3 is 4.90 Å². The topological polar surface area (TPSA) is 23.6 Å². The molecule has 0 unspecified atom stereocenters. The van der Waals surface area contributed by atoms with E-state index in [9.17, 15) is 4.79 Å². The molecule has 2 aliphatic rings. The Bertz CT molecular complexity index is 306. The molecule has 1 heterocycles. The summed E-state index contributed by atoms with van der Waals surface area (Å²) in [7, 11) is 0. The summed E-state index contributed by atoms with van der Waals surface area (Å²) in [6, 6.07) is 0. The van der Waals surface area contributed by atoms with Gasteiger partial charge in [-0.25, -0.2) is 0 Å². The third kappa shape index (κ3) is 2.29. The first-order valence-electron chi connectivity index (χ1n) is 6.22. The van der Waals surface area contributed by atoms with Gasteiger partial charge in [0.15, 0.2) is 0 Å². The lowest BCUT2D eigenvalue weighted by Gasteiger charge is -2.42. The van der Waals surface area contributed by atoms with Crippen LogP contribution >= 0.6 is 0 Å². The van der Waals surface area contributed by atoms with E-state index < -0.39 is 0 Å². The van der Waals surface area contributed by atoms with Gasteiger partial charge in [0.05, 0.1) is 0 Å². The Labute approximate surface area is 98.1 Å². The number of nitrogens with zero attached hydrogens (tertiary/aromatic N) is 2. The van der Waals surface area contributed by atoms with E-state index in [-0.39, 0.29) is 11.4 Å². The predicted octanol–water partition coefficient (Wildman–Crippen LogP) is 1.65. The predicted molar refractivity (Wildman–Crippen MR) is 65.2 cm³/mol. The Morgan fingerprint density at radius 1 is 1.19 bits per heavy atom. The molecule has 0 aromatic rings. The molecular formula is C13H22N2O. The number of allylic oxidation sites excluding steroid dienone is 1. The van der Waals surface area contributed by atoms with Crippen molar-refractivity contribution in [1.29, 1.82) is 0 Å². The van der Waals surface area contributed by atoms with Gasteiger partial charge in [0, 0.05) is 37.3 Å². The van der Waals surface area contributed by atoms with E-state index >= 15 is 0 Å². The molecule has 0 radical (unpaired) electrons. The molecule has 0 saturated carbocycles. The Balaban J connectivity index is 1.88. The fraction of sp³-hybridized carbons (Fsp3) is 0.769. The summed E-state index contributed by atoms with van der Waals surface area (Å²) in [5, 5.41) is 0. The molecule has 3 nitrogen and oxygen atoms in total. The quantitative estimate of drug-likeness (QED) is 0.673. The Morgan fingerprint density at radius 3 is 2.12 bits per heavy atom. The molecule has 0 aromatic heterocycles. The number of piperazine rings is 1. The summed E-state index contributed by atoms with van der Waals surface area (Å²) in [6.07, 6.45) is 4.14. The van der Waals surface area contributed by atoms with E-state index in [0.717, 1.165) is 44.6 Å². The minimum Gasteiger partial charge on any atom is -0.336 e. The van der Waals surface area contributed by atoms with Gasteiger partial charge in [-0.05, 0) is 33.6 Å². The SMILES string of the molecule is CC(C)(C)N1CCN(C(=O)C2=CCC2)CC1. The van der Waals surface area contributed by atoms with E-state index in [1.807, 2.05) is 4.90 Å². The van der Waals surface area contributed by atoms with Gasteiger partial charge >= 0.3 is 0 Å². The lowest BCUT2D eigenvalue weighted by Crippen LogP contribution is -2.55. The van der Waals surface area contributed by atoms with Crippen LogP contribution in [0.4, 0.5) is 0 Å². The number of hydrogen-bond donors (Lipinski definition) is 0. The Morgan fingerprint density at radius 2 is 1.75 bits per heavy atom. The van der Waals surface area contributed by atoms with Crippen molar-refractivity contribution in [3.8, 4) is 0 Å². The van der Waals surface area contributed by atoms with Crippen molar-refractivity contribution in [1.82, 2.24) is 9.80 Å². The molecule has 3 heteroatoms. The first-order chi connectivity index (χ1) is 7.48. The molecule has 1 amide bonds. The molecule has 16 heavy (non-hydrogen) atoms. The fourth-order valence-electron chi connectivity index (χ4n) is 2.27. The number of amides is 1. The summed E-state index contributed by atoms with van der Waals surface area (Å²) >= 11 is 0. The average molecular weight is 222 g/mol. The van der Waals surface area contributed by atoms with Gasteiger partial charge in [0.2, 0.25) is 5.91 Å². The smallest absolute Gasteiger partial charge is 0.249 e. The summed E-state index contributed by atoms with van der Waals surface area (Å²) in [5.74, 6) is 0.278. The highest BCUT2D eigenvalue weighted by molar-refractivity contribution is 5.94. The minimum atomic E-state index is 0.227. The maximum Gasteiger partial charge on any atom is 0.249 e. The van der Waals surface area contributed by atoms with Crippen molar-refractivity contribution in [2.24, 2.45) is 0 Å². The first kappa shape index (κ1) is 11.6. The molecule has 2 rings (SSSR count). The summed E-state index contributed by atoms with van der Waals surface area (Å²) in [4.78, 5) is 16.4. The average Bonchev–Trinajstić information content (AvgIpc) is 2.14. The van der Waals surface area contributed by atoms with Crippen molar-refractivity contribution in [3.05, 3.63) is 11.6 Å². The molecule has 0 spiro atoms. The summed E-state index contributed by atoms with van der Waals surface area (Å²) in [5.41, 5.74) is 1.26. The van der Waals surface area contributed by atoms with Gasteiger partial charge in [-0.3, -0.25) is 9.69 Å². The van der Waals surface area contributed by atoms with Gasteiger partial charge in [0.25, 0.3) is 0 Å². The third-order valence-electron chi connectivity index (χ3n) is 3.59. The van der Waals surface area contributed by atoms with Crippen LogP contribution in [-0.4, -0.2) is 47.4 Å². The van der Waals surface area contributed by atoms with Gasteiger partial charge in [-0.2, -0.15) is 0 Å². The van der Waals surface area contributed by atoms with Crippen molar-refractivity contribution >= 4 is 5.91 Å². The van der Waals surface area contributed by atoms with Crippen molar-refractivity contribution in [2.75, 3.05) is 26.2 Å². The first-order valence-corrected chi connectivity index (χ1v) is 6.22. The van der Waals surface area contributed by atoms with E-state index in [1.54, 1.807) is 0 Å². The summed E-state index contributed by atoms with van der Waals surface area (Å²) < 4.78 is 0. The fourth-order valence-corrected chi connectivity index (χ4v) is 2.27. The molecule has 1 aliphatic heterocycles. The van der Waals surface area contributed by atoms with E-state index in [4.69, 9.17) is 0 Å². The molecule has 0 bridgehead atoms. The lowest BCUT2D eigenvalue weighted by molar-refractivity contribution is -0.130. The highest BCUT2D eigenvalue weighted by Crippen LogP contribution is 2.22. The molecular weight excluding hydrogens is 200 g/mol. The minimum absolute atomic E-state index is 0.227. The highest BCUT2D eigenvalue weighted by Gasteiger charge is 2.29. The van der Waals surface area contributed by atoms with Crippen molar-refractivity contribution in [3.63, 3.8) is 0 Å². The van der Waals surface area contributed by atoms with Crippen LogP contribution in [0, 0.1) is 0 Å². The van der Waals surface area contributed by atoms with Gasteiger partial charge in [-0.1, -0.05) is 6.08 Å². The maximum absolute atomic E-state index is 12.0. The van der Waals surface area contributed by atoms with E-state index in [0.29, 0.717) is 0 Å². The standard InChI is InChI=1S/C13H22N2O/c1-13(2,3)15-9-7-14(8-10-15)12(16)11-5-4-6-11/h5H,4,6-10H2,1-3H3. The van der Waals surface area contributed by atoms with Crippen LogP contribution in [0.3, 0.4) is 0 Å². The lowest BCUT2D eigenvalue weighted by atomic mass is 9.97. The van der Waals surface area contributed by atoms with Crippen LogP contribution in [-0.2, 0) is 4.79 Å². The number of hydrogen-bond acceptors (Lipinski definition) is 2. The molecule has 0 aromatic carbocycles. The monoisotopic (exact) mass is 222 g/mol. The second kappa shape index (κ2) is 4.21. The summed E-state index contributed by atoms with van der Waals surface area (Å²) in [6.45, 7) is 10.5. The van der Waals surface area contributed by atoms with Crippen LogP contribution in [0.15, 0.2) is 11.6 Å².